The Kier molecular flexibility index (Phi) is 4.43. The van der Waals surface area contributed by atoms with Gasteiger partial charge in [0, 0.05) is 12.1 Å². The van der Waals surface area contributed by atoms with E-state index in [2.05, 4.69) is 11.3 Å². The van der Waals surface area contributed by atoms with E-state index in [1.54, 1.807) is 6.92 Å². The predicted octanol–water partition coefficient (Wildman–Crippen LogP) is 1.69. The van der Waals surface area contributed by atoms with Crippen LogP contribution in [0.1, 0.15) is 22.8 Å². The molecule has 0 bridgehead atoms. The molecular weight excluding hydrogens is 273 g/mol. The second-order valence-electron chi connectivity index (χ2n) is 4.17. The van der Waals surface area contributed by atoms with Gasteiger partial charge in [0.25, 0.3) is 0 Å². The number of carboxylic acid groups (broad SMARTS) is 1. The van der Waals surface area contributed by atoms with Gasteiger partial charge in [-0.15, -0.1) is 0 Å². The maximum absolute atomic E-state index is 13.6. The molecule has 0 spiro atoms. The lowest BCUT2D eigenvalue weighted by Gasteiger charge is -2.11. The van der Waals surface area contributed by atoms with E-state index in [0.717, 1.165) is 12.1 Å². The molecule has 2 N–H and O–H groups in total. The molecular formula is C12H14FNO4S. The fourth-order valence-corrected chi connectivity index (χ4v) is 2.73. The summed E-state index contributed by atoms with van der Waals surface area (Å²) in [6.45, 7) is 6.45. The molecule has 19 heavy (non-hydrogen) atoms. The van der Waals surface area contributed by atoms with Crippen LogP contribution in [-0.2, 0) is 10.0 Å². The van der Waals surface area contributed by atoms with Gasteiger partial charge >= 0.3 is 5.97 Å². The van der Waals surface area contributed by atoms with Crippen molar-refractivity contribution in [1.29, 1.82) is 0 Å². The number of carboxylic acids is 1. The topological polar surface area (TPSA) is 83.5 Å². The van der Waals surface area contributed by atoms with Gasteiger partial charge in [-0.2, -0.15) is 0 Å². The minimum atomic E-state index is -3.98. The third-order valence-corrected chi connectivity index (χ3v) is 3.92. The van der Waals surface area contributed by atoms with Crippen molar-refractivity contribution in [2.45, 2.75) is 18.7 Å². The SMILES string of the molecule is C=C(C)CNS(=O)(=O)c1cc(C(=O)O)cc(F)c1C. The highest BCUT2D eigenvalue weighted by Crippen LogP contribution is 2.20. The highest BCUT2D eigenvalue weighted by molar-refractivity contribution is 7.89. The maximum Gasteiger partial charge on any atom is 0.335 e. The molecule has 0 aliphatic heterocycles. The van der Waals surface area contributed by atoms with Crippen molar-refractivity contribution >= 4 is 16.0 Å². The molecule has 0 saturated carbocycles. The van der Waals surface area contributed by atoms with Gasteiger partial charge in [0.2, 0.25) is 10.0 Å². The largest absolute Gasteiger partial charge is 0.478 e. The fraction of sp³-hybridized carbons (Fsp3) is 0.250. The maximum atomic E-state index is 13.6. The molecule has 0 fully saturated rings. The summed E-state index contributed by atoms with van der Waals surface area (Å²) in [5, 5.41) is 8.81. The Bertz CT molecular complexity index is 637. The van der Waals surface area contributed by atoms with Crippen molar-refractivity contribution in [3.63, 3.8) is 0 Å². The van der Waals surface area contributed by atoms with Crippen LogP contribution in [0.2, 0.25) is 0 Å². The van der Waals surface area contributed by atoms with Crippen molar-refractivity contribution in [1.82, 2.24) is 4.72 Å². The molecule has 1 rings (SSSR count). The number of benzene rings is 1. The van der Waals surface area contributed by atoms with Crippen LogP contribution in [0.3, 0.4) is 0 Å². The standard InChI is InChI=1S/C12H14FNO4S/c1-7(2)6-14-19(17,18)11-5-9(12(15)16)4-10(13)8(11)3/h4-5,14H,1,6H2,2-3H3,(H,15,16). The number of nitrogens with one attached hydrogen (secondary N) is 1. The summed E-state index contributed by atoms with van der Waals surface area (Å²) in [5.74, 6) is -2.27. The number of halogens is 1. The van der Waals surface area contributed by atoms with Gasteiger partial charge in [-0.3, -0.25) is 0 Å². The van der Waals surface area contributed by atoms with E-state index < -0.39 is 27.4 Å². The van der Waals surface area contributed by atoms with Gasteiger partial charge in [0.1, 0.15) is 5.82 Å². The van der Waals surface area contributed by atoms with Gasteiger partial charge in [0.05, 0.1) is 10.5 Å². The van der Waals surface area contributed by atoms with Gasteiger partial charge < -0.3 is 5.11 Å². The smallest absolute Gasteiger partial charge is 0.335 e. The molecule has 1 aromatic carbocycles. The lowest BCUT2D eigenvalue weighted by atomic mass is 10.1. The van der Waals surface area contributed by atoms with Crippen molar-refractivity contribution in [2.75, 3.05) is 6.54 Å². The van der Waals surface area contributed by atoms with E-state index in [9.17, 15) is 17.6 Å². The van der Waals surface area contributed by atoms with Gasteiger partial charge in [0.15, 0.2) is 0 Å². The number of hydrogen-bond donors (Lipinski definition) is 2. The molecule has 0 amide bonds. The summed E-state index contributed by atoms with van der Waals surface area (Å²) >= 11 is 0. The van der Waals surface area contributed by atoms with Gasteiger partial charge in [-0.05, 0) is 26.0 Å². The van der Waals surface area contributed by atoms with E-state index in [4.69, 9.17) is 5.11 Å². The van der Waals surface area contributed by atoms with E-state index in [1.807, 2.05) is 0 Å². The van der Waals surface area contributed by atoms with Crippen molar-refractivity contribution < 1.29 is 22.7 Å². The third kappa shape index (κ3) is 3.62. The number of sulfonamides is 1. The van der Waals surface area contributed by atoms with Crippen LogP contribution in [-0.4, -0.2) is 26.0 Å². The summed E-state index contributed by atoms with van der Waals surface area (Å²) in [6.07, 6.45) is 0. The summed E-state index contributed by atoms with van der Waals surface area (Å²) in [6, 6.07) is 1.72. The zero-order chi connectivity index (χ0) is 14.8. The molecule has 1 aromatic rings. The molecule has 0 radical (unpaired) electrons. The molecule has 0 unspecified atom stereocenters. The van der Waals surface area contributed by atoms with Crippen LogP contribution in [0.5, 0.6) is 0 Å². The van der Waals surface area contributed by atoms with Crippen LogP contribution in [0.4, 0.5) is 4.39 Å². The second kappa shape index (κ2) is 5.50. The normalized spacial score (nSPS) is 11.3. The Morgan fingerprint density at radius 2 is 2.05 bits per heavy atom. The van der Waals surface area contributed by atoms with E-state index in [0.29, 0.717) is 5.57 Å². The van der Waals surface area contributed by atoms with Crippen molar-refractivity contribution in [3.05, 3.63) is 41.2 Å². The molecule has 104 valence electrons. The molecule has 0 saturated heterocycles. The minimum Gasteiger partial charge on any atom is -0.478 e. The van der Waals surface area contributed by atoms with Crippen LogP contribution >= 0.6 is 0 Å². The lowest BCUT2D eigenvalue weighted by molar-refractivity contribution is 0.0696. The lowest BCUT2D eigenvalue weighted by Crippen LogP contribution is -2.26. The summed E-state index contributed by atoms with van der Waals surface area (Å²) in [7, 11) is -3.98. The highest BCUT2D eigenvalue weighted by atomic mass is 32.2. The predicted molar refractivity (Wildman–Crippen MR) is 68.1 cm³/mol. The Balaban J connectivity index is 3.33. The van der Waals surface area contributed by atoms with E-state index in [-0.39, 0.29) is 17.0 Å². The Labute approximate surface area is 110 Å². The Morgan fingerprint density at radius 1 is 1.47 bits per heavy atom. The molecule has 0 aliphatic rings. The molecule has 0 heterocycles. The Hall–Kier alpha value is -1.73. The first kappa shape index (κ1) is 15.3. The third-order valence-electron chi connectivity index (χ3n) is 2.40. The summed E-state index contributed by atoms with van der Waals surface area (Å²) < 4.78 is 39.7. The van der Waals surface area contributed by atoms with E-state index in [1.165, 1.54) is 6.92 Å². The average Bonchev–Trinajstić information content (AvgIpc) is 2.29. The zero-order valence-electron chi connectivity index (χ0n) is 10.5. The minimum absolute atomic E-state index is 0.000686. The molecule has 7 heteroatoms. The zero-order valence-corrected chi connectivity index (χ0v) is 11.3. The quantitative estimate of drug-likeness (QED) is 0.807. The first-order chi connectivity index (χ1) is 8.65. The molecule has 0 aliphatic carbocycles. The molecule has 0 aromatic heterocycles. The van der Waals surface area contributed by atoms with Crippen LogP contribution in [0.25, 0.3) is 0 Å². The Morgan fingerprint density at radius 3 is 2.53 bits per heavy atom. The van der Waals surface area contributed by atoms with Crippen molar-refractivity contribution in [3.8, 4) is 0 Å². The monoisotopic (exact) mass is 287 g/mol. The van der Waals surface area contributed by atoms with Crippen LogP contribution < -0.4 is 4.72 Å². The fourth-order valence-electron chi connectivity index (χ4n) is 1.35. The average molecular weight is 287 g/mol. The number of rotatable bonds is 5. The number of carbonyl (C=O) groups is 1. The van der Waals surface area contributed by atoms with Gasteiger partial charge in [-0.1, -0.05) is 12.2 Å². The van der Waals surface area contributed by atoms with Crippen LogP contribution in [0, 0.1) is 12.7 Å². The number of aromatic carboxylic acids is 1. The van der Waals surface area contributed by atoms with Crippen molar-refractivity contribution in [2.24, 2.45) is 0 Å². The summed E-state index contributed by atoms with van der Waals surface area (Å²) in [5.41, 5.74) is 0.0362. The van der Waals surface area contributed by atoms with Gasteiger partial charge in [-0.25, -0.2) is 22.3 Å². The number of hydrogen-bond acceptors (Lipinski definition) is 3. The summed E-state index contributed by atoms with van der Waals surface area (Å²) in [4.78, 5) is 10.4. The van der Waals surface area contributed by atoms with E-state index >= 15 is 0 Å². The van der Waals surface area contributed by atoms with Crippen LogP contribution in [0.15, 0.2) is 29.2 Å². The first-order valence-corrected chi connectivity index (χ1v) is 6.81. The molecule has 0 atom stereocenters. The first-order valence-electron chi connectivity index (χ1n) is 5.32. The molecule has 5 nitrogen and oxygen atoms in total. The second-order valence-corrected chi connectivity index (χ2v) is 5.90. The highest BCUT2D eigenvalue weighted by Gasteiger charge is 2.21.